The summed E-state index contributed by atoms with van der Waals surface area (Å²) in [6, 6.07) is 17.7. The maximum absolute atomic E-state index is 13.9. The Labute approximate surface area is 172 Å². The summed E-state index contributed by atoms with van der Waals surface area (Å²) in [4.78, 5) is 31.7. The lowest BCUT2D eigenvalue weighted by Gasteiger charge is -2.51. The van der Waals surface area contributed by atoms with Crippen LogP contribution in [0.15, 0.2) is 54.6 Å². The van der Waals surface area contributed by atoms with E-state index in [1.54, 1.807) is 0 Å². The van der Waals surface area contributed by atoms with Crippen molar-refractivity contribution in [2.75, 3.05) is 18.0 Å². The normalized spacial score (nSPS) is 23.3. The Balaban J connectivity index is 1.69. The molecule has 2 fully saturated rings. The minimum Gasteiger partial charge on any atom is -0.342 e. The van der Waals surface area contributed by atoms with E-state index in [-0.39, 0.29) is 17.7 Å². The molecule has 0 N–H and O–H groups in total. The molecule has 2 heterocycles. The minimum absolute atomic E-state index is 0.0383. The van der Waals surface area contributed by atoms with E-state index in [9.17, 15) is 9.59 Å². The first-order chi connectivity index (χ1) is 14.2. The van der Waals surface area contributed by atoms with Crippen LogP contribution in [0, 0.1) is 0 Å². The molecule has 0 bridgehead atoms. The zero-order valence-corrected chi connectivity index (χ0v) is 16.8. The van der Waals surface area contributed by atoms with Crippen LogP contribution in [0.5, 0.6) is 0 Å². The number of rotatable bonds is 2. The smallest absolute Gasteiger partial charge is 0.259 e. The molecule has 0 radical (unpaired) electrons. The summed E-state index contributed by atoms with van der Waals surface area (Å²) < 4.78 is 0. The van der Waals surface area contributed by atoms with E-state index < -0.39 is 5.54 Å². The summed E-state index contributed by atoms with van der Waals surface area (Å²) in [7, 11) is 0. The molecule has 0 aromatic heterocycles. The van der Waals surface area contributed by atoms with E-state index in [1.165, 1.54) is 6.42 Å². The molecule has 3 aliphatic rings. The number of benzene rings is 2. The van der Waals surface area contributed by atoms with Crippen molar-refractivity contribution in [3.63, 3.8) is 0 Å². The van der Waals surface area contributed by atoms with Gasteiger partial charge >= 0.3 is 0 Å². The Morgan fingerprint density at radius 2 is 1.48 bits per heavy atom. The number of fused-ring (bicyclic) bond motifs is 1. The number of likely N-dealkylation sites (tertiary alicyclic amines) is 1. The number of para-hydroxylation sites is 1. The van der Waals surface area contributed by atoms with Crippen molar-refractivity contribution in [1.82, 2.24) is 4.90 Å². The number of nitrogens with zero attached hydrogens (tertiary/aromatic N) is 2. The second-order valence-electron chi connectivity index (χ2n) is 8.69. The number of hydrogen-bond acceptors (Lipinski definition) is 2. The second-order valence-corrected chi connectivity index (χ2v) is 8.69. The maximum atomic E-state index is 13.9. The predicted molar refractivity (Wildman–Crippen MR) is 114 cm³/mol. The van der Waals surface area contributed by atoms with Crippen LogP contribution in [0.3, 0.4) is 0 Å². The minimum atomic E-state index is -0.457. The third kappa shape index (κ3) is 2.88. The van der Waals surface area contributed by atoms with Gasteiger partial charge in [0.15, 0.2) is 0 Å². The van der Waals surface area contributed by atoms with E-state index in [1.807, 2.05) is 59.5 Å². The number of piperidine rings is 1. The molecule has 1 saturated heterocycles. The summed E-state index contributed by atoms with van der Waals surface area (Å²) >= 11 is 0. The van der Waals surface area contributed by atoms with E-state index in [4.69, 9.17) is 0 Å². The van der Waals surface area contributed by atoms with Crippen molar-refractivity contribution >= 4 is 17.5 Å². The van der Waals surface area contributed by atoms with Crippen LogP contribution in [-0.2, 0) is 4.79 Å². The fraction of sp³-hybridized carbons (Fsp3) is 0.440. The molecular formula is C25H28N2O2. The van der Waals surface area contributed by atoms with Gasteiger partial charge in [-0.3, -0.25) is 9.59 Å². The number of amides is 2. The highest BCUT2D eigenvalue weighted by molar-refractivity contribution is 6.12. The van der Waals surface area contributed by atoms with Gasteiger partial charge in [0.1, 0.15) is 0 Å². The summed E-state index contributed by atoms with van der Waals surface area (Å²) in [5.41, 5.74) is 2.07. The van der Waals surface area contributed by atoms with E-state index in [0.717, 1.165) is 62.9 Å². The molecule has 4 heteroatoms. The van der Waals surface area contributed by atoms with Crippen LogP contribution >= 0.6 is 0 Å². The van der Waals surface area contributed by atoms with Crippen molar-refractivity contribution in [3.05, 3.63) is 65.7 Å². The first kappa shape index (κ1) is 18.4. The van der Waals surface area contributed by atoms with Crippen molar-refractivity contribution < 1.29 is 9.59 Å². The van der Waals surface area contributed by atoms with Gasteiger partial charge < -0.3 is 9.80 Å². The molecule has 2 aromatic rings. The quantitative estimate of drug-likeness (QED) is 0.744. The average molecular weight is 389 g/mol. The van der Waals surface area contributed by atoms with Crippen LogP contribution < -0.4 is 4.90 Å². The van der Waals surface area contributed by atoms with Crippen molar-refractivity contribution in [3.8, 4) is 0 Å². The number of carbonyl (C=O) groups is 2. The van der Waals surface area contributed by atoms with Gasteiger partial charge in [0.05, 0.1) is 11.5 Å². The third-order valence-electron chi connectivity index (χ3n) is 7.09. The molecular weight excluding hydrogens is 360 g/mol. The van der Waals surface area contributed by atoms with Crippen LogP contribution in [0.4, 0.5) is 5.69 Å². The van der Waals surface area contributed by atoms with Gasteiger partial charge in [0, 0.05) is 24.3 Å². The lowest BCUT2D eigenvalue weighted by molar-refractivity contribution is -0.135. The Morgan fingerprint density at radius 1 is 0.828 bits per heavy atom. The Morgan fingerprint density at radius 3 is 2.21 bits per heavy atom. The maximum Gasteiger partial charge on any atom is 0.259 e. The fourth-order valence-corrected chi connectivity index (χ4v) is 5.80. The molecule has 0 unspecified atom stereocenters. The van der Waals surface area contributed by atoms with Crippen molar-refractivity contribution in [2.24, 2.45) is 0 Å². The SMILES string of the molecule is O=C([C@@H]1c2ccccc2C(=O)N(c2ccccc2)C12CCCC2)N1CCCCC1. The zero-order valence-electron chi connectivity index (χ0n) is 16.8. The molecule has 2 aliphatic heterocycles. The van der Waals surface area contributed by atoms with Gasteiger partial charge in [-0.1, -0.05) is 49.2 Å². The second kappa shape index (κ2) is 7.33. The molecule has 2 amide bonds. The zero-order chi connectivity index (χ0) is 19.8. The summed E-state index contributed by atoms with van der Waals surface area (Å²) in [6.45, 7) is 1.68. The predicted octanol–water partition coefficient (Wildman–Crippen LogP) is 4.76. The molecule has 2 aromatic carbocycles. The van der Waals surface area contributed by atoms with Crippen molar-refractivity contribution in [1.29, 1.82) is 0 Å². The lowest BCUT2D eigenvalue weighted by Crippen LogP contribution is -2.61. The highest BCUT2D eigenvalue weighted by Gasteiger charge is 2.56. The molecule has 29 heavy (non-hydrogen) atoms. The summed E-state index contributed by atoms with van der Waals surface area (Å²) in [5.74, 6) is -0.0268. The third-order valence-corrected chi connectivity index (χ3v) is 7.09. The molecule has 1 spiro atoms. The van der Waals surface area contributed by atoms with Crippen LogP contribution in [0.25, 0.3) is 0 Å². The average Bonchev–Trinajstić information content (AvgIpc) is 3.24. The highest BCUT2D eigenvalue weighted by atomic mass is 16.2. The Bertz CT molecular complexity index is 911. The van der Waals surface area contributed by atoms with Gasteiger partial charge in [-0.05, 0) is 55.9 Å². The van der Waals surface area contributed by atoms with Gasteiger partial charge in [0.2, 0.25) is 5.91 Å². The molecule has 4 nitrogen and oxygen atoms in total. The van der Waals surface area contributed by atoms with E-state index >= 15 is 0 Å². The lowest BCUT2D eigenvalue weighted by atomic mass is 9.70. The molecule has 1 aliphatic carbocycles. The van der Waals surface area contributed by atoms with E-state index in [2.05, 4.69) is 4.90 Å². The molecule has 1 saturated carbocycles. The molecule has 1 atom stereocenters. The number of hydrogen-bond donors (Lipinski definition) is 0. The highest BCUT2D eigenvalue weighted by Crippen LogP contribution is 2.52. The summed E-state index contributed by atoms with van der Waals surface area (Å²) in [6.07, 6.45) is 7.23. The van der Waals surface area contributed by atoms with Crippen molar-refractivity contribution in [2.45, 2.75) is 56.4 Å². The Kier molecular flexibility index (Phi) is 4.65. The topological polar surface area (TPSA) is 40.6 Å². The van der Waals surface area contributed by atoms with Crippen LogP contribution in [-0.4, -0.2) is 35.3 Å². The van der Waals surface area contributed by atoms with E-state index in [0.29, 0.717) is 5.56 Å². The Hall–Kier alpha value is -2.62. The fourth-order valence-electron chi connectivity index (χ4n) is 5.80. The molecule has 5 rings (SSSR count). The monoisotopic (exact) mass is 388 g/mol. The first-order valence-electron chi connectivity index (χ1n) is 11.0. The number of anilines is 1. The van der Waals surface area contributed by atoms with Crippen LogP contribution in [0.2, 0.25) is 0 Å². The largest absolute Gasteiger partial charge is 0.342 e. The number of carbonyl (C=O) groups excluding carboxylic acids is 2. The standard InChI is InChI=1S/C25H28N2O2/c28-23-21-14-6-5-13-20(21)22(24(29)26-17-9-2-10-18-26)25(15-7-8-16-25)27(23)19-11-3-1-4-12-19/h1,3-6,11-14,22H,2,7-10,15-18H2/t22-/m0/s1. The van der Waals surface area contributed by atoms with Crippen LogP contribution in [0.1, 0.15) is 66.8 Å². The summed E-state index contributed by atoms with van der Waals surface area (Å²) in [5, 5.41) is 0. The molecule has 150 valence electrons. The van der Waals surface area contributed by atoms with Gasteiger partial charge in [-0.15, -0.1) is 0 Å². The van der Waals surface area contributed by atoms with Gasteiger partial charge in [-0.25, -0.2) is 0 Å². The van der Waals surface area contributed by atoms with Gasteiger partial charge in [-0.2, -0.15) is 0 Å². The first-order valence-corrected chi connectivity index (χ1v) is 11.0. The van der Waals surface area contributed by atoms with Gasteiger partial charge in [0.25, 0.3) is 5.91 Å².